The minimum absolute atomic E-state index is 0.0000715. The summed E-state index contributed by atoms with van der Waals surface area (Å²) >= 11 is 0. The van der Waals surface area contributed by atoms with Gasteiger partial charge in [0.15, 0.2) is 0 Å². The fourth-order valence-corrected chi connectivity index (χ4v) is 3.80. The van der Waals surface area contributed by atoms with Crippen LogP contribution in [0.1, 0.15) is 49.4 Å². The van der Waals surface area contributed by atoms with E-state index < -0.39 is 0 Å². The third-order valence-electron chi connectivity index (χ3n) is 5.35. The van der Waals surface area contributed by atoms with Crippen LogP contribution in [0.5, 0.6) is 0 Å². The van der Waals surface area contributed by atoms with Crippen LogP contribution in [0.15, 0.2) is 36.2 Å². The molecule has 0 spiro atoms. The largest absolute Gasteiger partial charge is 0.337 e. The standard InChI is InChI=1S/C20H27N3O2/c1-16(17-6-2-3-7-17)14-19(24)22-10-5-11-23(13-12-22)20(25)18-8-4-9-21-15-18/h4,8-9,14-15,17H,2-3,5-7,10-13H2,1H3/b16-14+. The van der Waals surface area contributed by atoms with Crippen LogP contribution in [0.3, 0.4) is 0 Å². The van der Waals surface area contributed by atoms with Gasteiger partial charge in [0, 0.05) is 44.6 Å². The fourth-order valence-electron chi connectivity index (χ4n) is 3.80. The van der Waals surface area contributed by atoms with E-state index in [4.69, 9.17) is 0 Å². The average Bonchev–Trinajstić information content (AvgIpc) is 3.06. The van der Waals surface area contributed by atoms with Gasteiger partial charge in [0.05, 0.1) is 5.56 Å². The Hall–Kier alpha value is -2.17. The monoisotopic (exact) mass is 341 g/mol. The van der Waals surface area contributed by atoms with Crippen molar-refractivity contribution in [1.82, 2.24) is 14.8 Å². The fraction of sp³-hybridized carbons (Fsp3) is 0.550. The molecule has 0 aromatic carbocycles. The maximum absolute atomic E-state index is 12.6. The first kappa shape index (κ1) is 17.6. The Morgan fingerprint density at radius 2 is 1.80 bits per heavy atom. The molecular formula is C20H27N3O2. The zero-order valence-corrected chi connectivity index (χ0v) is 15.0. The summed E-state index contributed by atoms with van der Waals surface area (Å²) in [4.78, 5) is 32.9. The van der Waals surface area contributed by atoms with Crippen LogP contribution in [-0.4, -0.2) is 52.8 Å². The Labute approximate surface area is 149 Å². The molecule has 5 heteroatoms. The first-order valence-electron chi connectivity index (χ1n) is 9.31. The van der Waals surface area contributed by atoms with Crippen molar-refractivity contribution in [2.24, 2.45) is 5.92 Å². The molecule has 25 heavy (non-hydrogen) atoms. The number of aromatic nitrogens is 1. The molecule has 5 nitrogen and oxygen atoms in total. The van der Waals surface area contributed by atoms with Crippen LogP contribution in [-0.2, 0) is 4.79 Å². The van der Waals surface area contributed by atoms with Gasteiger partial charge in [-0.3, -0.25) is 14.6 Å². The highest BCUT2D eigenvalue weighted by Gasteiger charge is 2.23. The zero-order chi connectivity index (χ0) is 17.6. The van der Waals surface area contributed by atoms with Crippen LogP contribution in [0, 0.1) is 5.92 Å². The van der Waals surface area contributed by atoms with Crippen molar-refractivity contribution in [3.05, 3.63) is 41.7 Å². The molecule has 0 bridgehead atoms. The van der Waals surface area contributed by atoms with Crippen molar-refractivity contribution in [2.45, 2.75) is 39.0 Å². The summed E-state index contributed by atoms with van der Waals surface area (Å²) in [6, 6.07) is 3.56. The molecule has 0 atom stereocenters. The highest BCUT2D eigenvalue weighted by molar-refractivity contribution is 5.94. The number of carbonyl (C=O) groups is 2. The van der Waals surface area contributed by atoms with Crippen LogP contribution >= 0.6 is 0 Å². The predicted molar refractivity (Wildman–Crippen MR) is 97.1 cm³/mol. The summed E-state index contributed by atoms with van der Waals surface area (Å²) in [5, 5.41) is 0. The van der Waals surface area contributed by atoms with E-state index in [0.29, 0.717) is 37.7 Å². The van der Waals surface area contributed by atoms with Crippen molar-refractivity contribution in [2.75, 3.05) is 26.2 Å². The van der Waals surface area contributed by atoms with E-state index in [1.54, 1.807) is 24.5 Å². The average molecular weight is 341 g/mol. The second-order valence-corrected chi connectivity index (χ2v) is 7.08. The number of hydrogen-bond donors (Lipinski definition) is 0. The molecule has 1 aromatic rings. The summed E-state index contributed by atoms with van der Waals surface area (Å²) < 4.78 is 0. The number of amides is 2. The maximum atomic E-state index is 12.6. The van der Waals surface area contributed by atoms with Crippen molar-refractivity contribution in [3.8, 4) is 0 Å². The van der Waals surface area contributed by atoms with E-state index in [1.165, 1.54) is 31.3 Å². The molecule has 1 aromatic heterocycles. The number of carbonyl (C=O) groups excluding carboxylic acids is 2. The molecule has 2 fully saturated rings. The van der Waals surface area contributed by atoms with E-state index in [2.05, 4.69) is 11.9 Å². The van der Waals surface area contributed by atoms with Gasteiger partial charge in [0.2, 0.25) is 5.91 Å². The molecule has 1 saturated carbocycles. The molecule has 1 saturated heterocycles. The highest BCUT2D eigenvalue weighted by Crippen LogP contribution is 2.30. The smallest absolute Gasteiger partial charge is 0.255 e. The van der Waals surface area contributed by atoms with Crippen molar-refractivity contribution in [3.63, 3.8) is 0 Å². The lowest BCUT2D eigenvalue weighted by Gasteiger charge is -2.22. The lowest BCUT2D eigenvalue weighted by Crippen LogP contribution is -2.37. The molecule has 3 rings (SSSR count). The molecular weight excluding hydrogens is 314 g/mol. The van der Waals surface area contributed by atoms with Gasteiger partial charge in [-0.2, -0.15) is 0 Å². The van der Waals surface area contributed by atoms with Crippen LogP contribution in [0.4, 0.5) is 0 Å². The van der Waals surface area contributed by atoms with Crippen molar-refractivity contribution in [1.29, 1.82) is 0 Å². The number of nitrogens with zero attached hydrogens (tertiary/aromatic N) is 3. The Morgan fingerprint density at radius 3 is 2.52 bits per heavy atom. The third-order valence-corrected chi connectivity index (χ3v) is 5.35. The summed E-state index contributed by atoms with van der Waals surface area (Å²) in [7, 11) is 0. The molecule has 0 N–H and O–H groups in total. The van der Waals surface area contributed by atoms with Gasteiger partial charge in [-0.05, 0) is 44.2 Å². The van der Waals surface area contributed by atoms with Crippen molar-refractivity contribution < 1.29 is 9.59 Å². The first-order chi connectivity index (χ1) is 12.1. The number of hydrogen-bond acceptors (Lipinski definition) is 3. The summed E-state index contributed by atoms with van der Waals surface area (Å²) in [6.07, 6.45) is 10.9. The summed E-state index contributed by atoms with van der Waals surface area (Å²) in [5.41, 5.74) is 1.83. The van der Waals surface area contributed by atoms with Crippen molar-refractivity contribution >= 4 is 11.8 Å². The van der Waals surface area contributed by atoms with Gasteiger partial charge >= 0.3 is 0 Å². The van der Waals surface area contributed by atoms with Gasteiger partial charge < -0.3 is 9.80 Å². The highest BCUT2D eigenvalue weighted by atomic mass is 16.2. The third kappa shape index (κ3) is 4.47. The van der Waals surface area contributed by atoms with Gasteiger partial charge in [-0.25, -0.2) is 0 Å². The molecule has 0 radical (unpaired) electrons. The molecule has 134 valence electrons. The Kier molecular flexibility index (Phi) is 5.84. The molecule has 2 aliphatic rings. The lowest BCUT2D eigenvalue weighted by molar-refractivity contribution is -0.126. The van der Waals surface area contributed by atoms with Gasteiger partial charge in [0.25, 0.3) is 5.91 Å². The van der Waals surface area contributed by atoms with E-state index >= 15 is 0 Å². The minimum atomic E-state index is 0.0000715. The molecule has 0 unspecified atom stereocenters. The van der Waals surface area contributed by atoms with E-state index in [0.717, 1.165) is 6.42 Å². The molecule has 1 aliphatic carbocycles. The number of pyridine rings is 1. The normalized spacial score (nSPS) is 19.8. The van der Waals surface area contributed by atoms with Crippen LogP contribution in [0.2, 0.25) is 0 Å². The molecule has 2 heterocycles. The zero-order valence-electron chi connectivity index (χ0n) is 15.0. The lowest BCUT2D eigenvalue weighted by atomic mass is 9.98. The Morgan fingerprint density at radius 1 is 1.08 bits per heavy atom. The first-order valence-corrected chi connectivity index (χ1v) is 9.31. The minimum Gasteiger partial charge on any atom is -0.337 e. The second kappa shape index (κ2) is 8.28. The maximum Gasteiger partial charge on any atom is 0.255 e. The predicted octanol–water partition coefficient (Wildman–Crippen LogP) is 2.89. The van der Waals surface area contributed by atoms with Gasteiger partial charge in [-0.15, -0.1) is 0 Å². The van der Waals surface area contributed by atoms with E-state index in [1.807, 2.05) is 15.9 Å². The Balaban J connectivity index is 1.58. The molecule has 1 aliphatic heterocycles. The number of rotatable bonds is 3. The summed E-state index contributed by atoms with van der Waals surface area (Å²) in [6.45, 7) is 4.66. The SMILES string of the molecule is C/C(=C\C(=O)N1CCCN(C(=O)c2cccnc2)CC1)C1CCCC1. The van der Waals surface area contributed by atoms with Crippen LogP contribution in [0.25, 0.3) is 0 Å². The molecule has 2 amide bonds. The Bertz CT molecular complexity index is 636. The van der Waals surface area contributed by atoms with Gasteiger partial charge in [-0.1, -0.05) is 18.4 Å². The van der Waals surface area contributed by atoms with E-state index in [9.17, 15) is 9.59 Å². The number of allylic oxidation sites excluding steroid dienone is 1. The van der Waals surface area contributed by atoms with E-state index in [-0.39, 0.29) is 11.8 Å². The van der Waals surface area contributed by atoms with Crippen LogP contribution < -0.4 is 0 Å². The summed E-state index contributed by atoms with van der Waals surface area (Å²) in [5.74, 6) is 0.680. The van der Waals surface area contributed by atoms with Gasteiger partial charge in [0.1, 0.15) is 0 Å². The quantitative estimate of drug-likeness (QED) is 0.795. The second-order valence-electron chi connectivity index (χ2n) is 7.08. The topological polar surface area (TPSA) is 53.5 Å².